The lowest BCUT2D eigenvalue weighted by Gasteiger charge is -2.16. The Hall–Kier alpha value is 0.110. The van der Waals surface area contributed by atoms with Gasteiger partial charge in [-0.25, -0.2) is 0 Å². The van der Waals surface area contributed by atoms with Gasteiger partial charge in [-0.15, -0.1) is 0 Å². The average Bonchev–Trinajstić information content (AvgIpc) is 2.05. The molecule has 0 amide bonds. The van der Waals surface area contributed by atoms with Gasteiger partial charge >= 0.3 is 0 Å². The second kappa shape index (κ2) is 7.51. The predicted octanol–water partition coefficient (Wildman–Crippen LogP) is 2.88. The van der Waals surface area contributed by atoms with E-state index >= 15 is 0 Å². The van der Waals surface area contributed by atoms with Gasteiger partial charge < -0.3 is 13.8 Å². The van der Waals surface area contributed by atoms with Crippen LogP contribution in [-0.4, -0.2) is 19.8 Å². The molecule has 0 fully saturated rings. The Kier molecular flexibility index (Phi) is 7.57. The van der Waals surface area contributed by atoms with E-state index < -0.39 is 6.49 Å². The van der Waals surface area contributed by atoms with E-state index in [9.17, 15) is 0 Å². The van der Waals surface area contributed by atoms with Gasteiger partial charge in [0.05, 0.1) is 26.1 Å². The second-order valence-corrected chi connectivity index (χ2v) is 5.54. The molecule has 0 N–H and O–H groups in total. The van der Waals surface area contributed by atoms with Crippen molar-refractivity contribution in [3.05, 3.63) is 12.1 Å². The molecule has 0 aromatic carbocycles. The third-order valence-corrected chi connectivity index (χ3v) is 3.85. The molecule has 0 aliphatic heterocycles. The van der Waals surface area contributed by atoms with Crippen LogP contribution in [0.3, 0.4) is 0 Å². The molecule has 0 unspecified atom stereocenters. The minimum atomic E-state index is -2.22. The Morgan fingerprint density at radius 1 is 1.08 bits per heavy atom. The molecule has 0 saturated carbocycles. The number of hydrogen-bond donors (Lipinski definition) is 0. The molecule has 0 aromatic heterocycles. The van der Waals surface area contributed by atoms with Crippen LogP contribution in [0.5, 0.6) is 0 Å². The molecule has 0 radical (unpaired) electrons. The van der Waals surface area contributed by atoms with Gasteiger partial charge in [-0.05, 0) is 32.6 Å². The van der Waals surface area contributed by atoms with Gasteiger partial charge in [0.2, 0.25) is 6.49 Å². The normalized spacial score (nSPS) is 12.2. The van der Waals surface area contributed by atoms with E-state index in [1.165, 1.54) is 0 Å². The summed E-state index contributed by atoms with van der Waals surface area (Å²) in [6, 6.07) is 0. The van der Waals surface area contributed by atoms with Crippen LogP contribution in [0, 0.1) is 0 Å². The average molecular weight is 224 g/mol. The van der Waals surface area contributed by atoms with Crippen molar-refractivity contribution >= 4 is 18.3 Å². The first-order chi connectivity index (χ1) is 6.18. The van der Waals surface area contributed by atoms with Gasteiger partial charge in [-0.1, -0.05) is 0 Å². The summed E-state index contributed by atoms with van der Waals surface area (Å²) < 4.78 is 15.7. The highest BCUT2D eigenvalue weighted by Gasteiger charge is 2.12. The van der Waals surface area contributed by atoms with E-state index in [4.69, 9.17) is 25.6 Å². The fourth-order valence-electron chi connectivity index (χ4n) is 0.697. The zero-order chi connectivity index (χ0) is 10.2. The highest BCUT2D eigenvalue weighted by Crippen LogP contribution is 2.49. The van der Waals surface area contributed by atoms with Gasteiger partial charge in [0.15, 0.2) is 0 Å². The molecular formula is C8H17O3PS. The fourth-order valence-corrected chi connectivity index (χ4v) is 2.68. The molecule has 0 atom stereocenters. The van der Waals surface area contributed by atoms with Crippen molar-refractivity contribution in [3.8, 4) is 0 Å². The SMILES string of the molecule is CCO/C=C/P(=S)(OCC)OCC. The smallest absolute Gasteiger partial charge is 0.215 e. The van der Waals surface area contributed by atoms with Crippen LogP contribution in [0.25, 0.3) is 0 Å². The van der Waals surface area contributed by atoms with Crippen molar-refractivity contribution < 1.29 is 13.8 Å². The fraction of sp³-hybridized carbons (Fsp3) is 0.750. The Morgan fingerprint density at radius 3 is 2.00 bits per heavy atom. The summed E-state index contributed by atoms with van der Waals surface area (Å²) in [5.41, 5.74) is 0. The summed E-state index contributed by atoms with van der Waals surface area (Å²) in [6.45, 7) is 5.24. The first-order valence-electron chi connectivity index (χ1n) is 4.36. The third kappa shape index (κ3) is 6.22. The van der Waals surface area contributed by atoms with E-state index in [0.717, 1.165) is 0 Å². The van der Waals surface area contributed by atoms with E-state index in [1.54, 1.807) is 12.1 Å². The maximum atomic E-state index is 5.35. The largest absolute Gasteiger partial charge is 0.501 e. The van der Waals surface area contributed by atoms with E-state index in [0.29, 0.717) is 19.8 Å². The number of ether oxygens (including phenoxy) is 1. The van der Waals surface area contributed by atoms with Crippen LogP contribution in [-0.2, 0) is 25.6 Å². The van der Waals surface area contributed by atoms with Gasteiger partial charge in [0.25, 0.3) is 0 Å². The molecule has 3 nitrogen and oxygen atoms in total. The summed E-state index contributed by atoms with van der Waals surface area (Å²) in [7, 11) is 0. The highest BCUT2D eigenvalue weighted by atomic mass is 32.5. The summed E-state index contributed by atoms with van der Waals surface area (Å²) in [5.74, 6) is 1.71. The molecule has 0 spiro atoms. The molecule has 0 aliphatic carbocycles. The van der Waals surface area contributed by atoms with Gasteiger partial charge in [-0.3, -0.25) is 0 Å². The molecule has 0 bridgehead atoms. The Balaban J connectivity index is 4.14. The minimum Gasteiger partial charge on any atom is -0.501 e. The maximum Gasteiger partial charge on any atom is 0.215 e. The third-order valence-electron chi connectivity index (χ3n) is 1.12. The van der Waals surface area contributed by atoms with Crippen molar-refractivity contribution in [1.82, 2.24) is 0 Å². The quantitative estimate of drug-likeness (QED) is 0.491. The molecule has 0 aliphatic rings. The monoisotopic (exact) mass is 224 g/mol. The van der Waals surface area contributed by atoms with Crippen molar-refractivity contribution in [2.45, 2.75) is 20.8 Å². The topological polar surface area (TPSA) is 27.7 Å². The standard InChI is InChI=1S/C8H17O3PS/c1-4-9-7-8-12(13,10-5-2)11-6-3/h7-8H,4-6H2,1-3H3/b8-7+. The van der Waals surface area contributed by atoms with E-state index in [1.807, 2.05) is 20.8 Å². The highest BCUT2D eigenvalue weighted by molar-refractivity contribution is 8.11. The van der Waals surface area contributed by atoms with Crippen molar-refractivity contribution in [2.75, 3.05) is 19.8 Å². The van der Waals surface area contributed by atoms with Crippen LogP contribution >= 0.6 is 6.49 Å². The van der Waals surface area contributed by atoms with Crippen LogP contribution in [0.15, 0.2) is 12.1 Å². The van der Waals surface area contributed by atoms with E-state index in [2.05, 4.69) is 0 Å². The second-order valence-electron chi connectivity index (χ2n) is 2.12. The molecular weight excluding hydrogens is 207 g/mol. The Labute approximate surface area is 85.2 Å². The minimum absolute atomic E-state index is 0.563. The lowest BCUT2D eigenvalue weighted by molar-refractivity contribution is 0.261. The van der Waals surface area contributed by atoms with Crippen LogP contribution in [0.1, 0.15) is 20.8 Å². The summed E-state index contributed by atoms with van der Waals surface area (Å²) in [5, 5.41) is 0. The lowest BCUT2D eigenvalue weighted by atomic mass is 10.9. The van der Waals surface area contributed by atoms with Crippen molar-refractivity contribution in [2.24, 2.45) is 0 Å². The molecule has 0 rings (SSSR count). The lowest BCUT2D eigenvalue weighted by Crippen LogP contribution is -1.92. The van der Waals surface area contributed by atoms with Gasteiger partial charge in [0, 0.05) is 5.82 Å². The number of hydrogen-bond acceptors (Lipinski definition) is 4. The summed E-state index contributed by atoms with van der Waals surface area (Å²) in [6.07, 6.45) is 1.56. The van der Waals surface area contributed by atoms with Gasteiger partial charge in [0.1, 0.15) is 0 Å². The maximum absolute atomic E-state index is 5.35. The van der Waals surface area contributed by atoms with E-state index in [-0.39, 0.29) is 0 Å². The summed E-state index contributed by atoms with van der Waals surface area (Å²) in [4.78, 5) is 0. The zero-order valence-electron chi connectivity index (χ0n) is 8.36. The first-order valence-corrected chi connectivity index (χ1v) is 7.07. The van der Waals surface area contributed by atoms with Crippen LogP contribution in [0.2, 0.25) is 0 Å². The molecule has 5 heteroatoms. The van der Waals surface area contributed by atoms with Crippen LogP contribution < -0.4 is 0 Å². The molecule has 0 heterocycles. The molecule has 0 aromatic rings. The summed E-state index contributed by atoms with van der Waals surface area (Å²) >= 11 is 5.21. The first kappa shape index (κ1) is 13.1. The Bertz CT molecular complexity index is 184. The van der Waals surface area contributed by atoms with Crippen molar-refractivity contribution in [1.29, 1.82) is 0 Å². The molecule has 78 valence electrons. The van der Waals surface area contributed by atoms with Crippen LogP contribution in [0.4, 0.5) is 0 Å². The van der Waals surface area contributed by atoms with Gasteiger partial charge in [-0.2, -0.15) is 0 Å². The molecule has 13 heavy (non-hydrogen) atoms. The predicted molar refractivity (Wildman–Crippen MR) is 58.3 cm³/mol. The number of rotatable bonds is 7. The zero-order valence-corrected chi connectivity index (χ0v) is 10.1. The van der Waals surface area contributed by atoms with Crippen molar-refractivity contribution in [3.63, 3.8) is 0 Å². The Morgan fingerprint density at radius 2 is 1.62 bits per heavy atom. The molecule has 0 saturated heterocycles.